The van der Waals surface area contributed by atoms with Crippen molar-refractivity contribution < 1.29 is 4.39 Å². The number of rotatable bonds is 11. The van der Waals surface area contributed by atoms with Crippen LogP contribution in [0.3, 0.4) is 0 Å². The molecule has 0 spiro atoms. The summed E-state index contributed by atoms with van der Waals surface area (Å²) in [6.07, 6.45) is 4.64. The molecule has 1 unspecified atom stereocenters. The van der Waals surface area contributed by atoms with Crippen molar-refractivity contribution >= 4 is 41.7 Å². The van der Waals surface area contributed by atoms with Crippen LogP contribution < -0.4 is 10.6 Å². The predicted molar refractivity (Wildman–Crippen MR) is 130 cm³/mol. The number of halogens is 2. The Morgan fingerprint density at radius 1 is 1.28 bits per heavy atom. The third-order valence-corrected chi connectivity index (χ3v) is 5.41. The second-order valence-electron chi connectivity index (χ2n) is 6.56. The van der Waals surface area contributed by atoms with Gasteiger partial charge in [-0.25, -0.2) is 4.39 Å². The van der Waals surface area contributed by atoms with Crippen molar-refractivity contribution in [3.63, 3.8) is 0 Å². The molecule has 0 saturated heterocycles. The molecule has 0 radical (unpaired) electrons. The van der Waals surface area contributed by atoms with E-state index >= 15 is 0 Å². The zero-order valence-electron chi connectivity index (χ0n) is 17.4. The van der Waals surface area contributed by atoms with E-state index in [-0.39, 0.29) is 29.8 Å². The average Bonchev–Trinajstić information content (AvgIpc) is 3.16. The molecule has 162 valence electrons. The van der Waals surface area contributed by atoms with E-state index in [1.54, 1.807) is 18.1 Å². The molecule has 9 heteroatoms. The summed E-state index contributed by atoms with van der Waals surface area (Å²) in [6.45, 7) is 8.69. The van der Waals surface area contributed by atoms with Crippen LogP contribution in [0.1, 0.15) is 39.4 Å². The fourth-order valence-corrected chi connectivity index (χ4v) is 3.34. The molecule has 29 heavy (non-hydrogen) atoms. The molecule has 1 aromatic heterocycles. The van der Waals surface area contributed by atoms with Gasteiger partial charge in [-0.3, -0.25) is 4.99 Å². The highest BCUT2D eigenvalue weighted by molar-refractivity contribution is 14.0. The van der Waals surface area contributed by atoms with Gasteiger partial charge in [-0.1, -0.05) is 13.8 Å². The quantitative estimate of drug-likeness (QED) is 0.149. The number of nitrogens with one attached hydrogen (secondary N) is 2. The molecule has 0 aliphatic heterocycles. The first-order valence-electron chi connectivity index (χ1n) is 9.92. The van der Waals surface area contributed by atoms with Crippen LogP contribution in [0.5, 0.6) is 0 Å². The number of hydrogen-bond acceptors (Lipinski definition) is 4. The minimum absolute atomic E-state index is 0. The van der Waals surface area contributed by atoms with E-state index in [9.17, 15) is 4.39 Å². The molecule has 2 N–H and O–H groups in total. The summed E-state index contributed by atoms with van der Waals surface area (Å²) in [4.78, 5) is 5.78. The Morgan fingerprint density at radius 2 is 2.03 bits per heavy atom. The Balaban J connectivity index is 0.00000420. The van der Waals surface area contributed by atoms with Crippen molar-refractivity contribution in [3.8, 4) is 0 Å². The Bertz CT molecular complexity index is 722. The van der Waals surface area contributed by atoms with Crippen molar-refractivity contribution in [2.24, 2.45) is 4.99 Å². The summed E-state index contributed by atoms with van der Waals surface area (Å²) >= 11 is 1.73. The standard InChI is InChI=1S/C20H31FN6S.HI/c1-4-16(3)25-20(23-12-13-27-15-24-26-19(27)5-2)22-11-6-14-28-18-9-7-17(21)8-10-18;/h7-10,15-16H,4-6,11-14H2,1-3H3,(H2,22,23,25);1H. The highest BCUT2D eigenvalue weighted by atomic mass is 127. The molecule has 0 aliphatic rings. The second-order valence-corrected chi connectivity index (χ2v) is 7.73. The first-order valence-corrected chi connectivity index (χ1v) is 10.9. The number of thioether (sulfide) groups is 1. The van der Waals surface area contributed by atoms with Crippen molar-refractivity contribution in [1.82, 2.24) is 25.4 Å². The Labute approximate surface area is 194 Å². The summed E-state index contributed by atoms with van der Waals surface area (Å²) in [7, 11) is 0. The highest BCUT2D eigenvalue weighted by Gasteiger charge is 2.05. The van der Waals surface area contributed by atoms with Crippen LogP contribution in [0.4, 0.5) is 4.39 Å². The van der Waals surface area contributed by atoms with E-state index in [0.29, 0.717) is 6.04 Å². The van der Waals surface area contributed by atoms with Gasteiger partial charge in [0.25, 0.3) is 0 Å². The zero-order chi connectivity index (χ0) is 20.2. The van der Waals surface area contributed by atoms with E-state index in [2.05, 4.69) is 46.2 Å². The number of aryl methyl sites for hydroxylation is 1. The number of benzene rings is 1. The number of aromatic nitrogens is 3. The van der Waals surface area contributed by atoms with Gasteiger partial charge >= 0.3 is 0 Å². The molecule has 0 amide bonds. The van der Waals surface area contributed by atoms with E-state index in [1.807, 2.05) is 12.1 Å². The predicted octanol–water partition coefficient (Wildman–Crippen LogP) is 4.11. The Morgan fingerprint density at radius 3 is 2.72 bits per heavy atom. The van der Waals surface area contributed by atoms with Crippen LogP contribution in [0.15, 0.2) is 40.5 Å². The van der Waals surface area contributed by atoms with Gasteiger partial charge < -0.3 is 15.2 Å². The molecule has 1 heterocycles. The van der Waals surface area contributed by atoms with Crippen molar-refractivity contribution in [2.75, 3.05) is 18.8 Å². The summed E-state index contributed by atoms with van der Waals surface area (Å²) in [6, 6.07) is 6.99. The van der Waals surface area contributed by atoms with Gasteiger partial charge in [0.1, 0.15) is 18.0 Å². The van der Waals surface area contributed by atoms with Crippen molar-refractivity contribution in [1.29, 1.82) is 0 Å². The van der Waals surface area contributed by atoms with E-state index < -0.39 is 0 Å². The molecular weight excluding hydrogens is 502 g/mol. The van der Waals surface area contributed by atoms with Crippen LogP contribution in [-0.2, 0) is 13.0 Å². The van der Waals surface area contributed by atoms with Gasteiger partial charge in [-0.05, 0) is 49.8 Å². The topological polar surface area (TPSA) is 67.1 Å². The van der Waals surface area contributed by atoms with Gasteiger partial charge in [0.05, 0.1) is 0 Å². The van der Waals surface area contributed by atoms with Crippen LogP contribution in [0.25, 0.3) is 0 Å². The fraction of sp³-hybridized carbons (Fsp3) is 0.550. The number of nitrogens with zero attached hydrogens (tertiary/aromatic N) is 4. The number of guanidine groups is 1. The second kappa shape index (κ2) is 14.6. The lowest BCUT2D eigenvalue weighted by Crippen LogP contribution is -2.43. The molecule has 0 fully saturated rings. The lowest BCUT2D eigenvalue weighted by atomic mass is 10.3. The van der Waals surface area contributed by atoms with Crippen LogP contribution in [0, 0.1) is 5.82 Å². The minimum Gasteiger partial charge on any atom is -0.355 e. The normalized spacial score (nSPS) is 12.3. The Kier molecular flexibility index (Phi) is 12.9. The molecule has 2 rings (SSSR count). The maximum absolute atomic E-state index is 12.9. The number of aliphatic imine (C=N–C) groups is 1. The molecule has 0 saturated carbocycles. The first-order chi connectivity index (χ1) is 13.6. The smallest absolute Gasteiger partial charge is 0.191 e. The fourth-order valence-electron chi connectivity index (χ4n) is 2.50. The minimum atomic E-state index is -0.196. The lowest BCUT2D eigenvalue weighted by Gasteiger charge is -2.17. The summed E-state index contributed by atoms with van der Waals surface area (Å²) in [5.41, 5.74) is 0. The maximum Gasteiger partial charge on any atom is 0.191 e. The summed E-state index contributed by atoms with van der Waals surface area (Å²) in [5, 5.41) is 14.9. The van der Waals surface area contributed by atoms with Crippen LogP contribution in [0.2, 0.25) is 0 Å². The third kappa shape index (κ3) is 9.79. The first kappa shape index (κ1) is 25.7. The monoisotopic (exact) mass is 534 g/mol. The third-order valence-electron chi connectivity index (χ3n) is 4.31. The molecule has 0 bridgehead atoms. The zero-order valence-corrected chi connectivity index (χ0v) is 20.5. The summed E-state index contributed by atoms with van der Waals surface area (Å²) in [5.74, 6) is 2.59. The van der Waals surface area contributed by atoms with E-state index in [4.69, 9.17) is 4.99 Å². The molecule has 0 aliphatic carbocycles. The lowest BCUT2D eigenvalue weighted by molar-refractivity contribution is 0.599. The summed E-state index contributed by atoms with van der Waals surface area (Å²) < 4.78 is 15.0. The van der Waals surface area contributed by atoms with Gasteiger partial charge in [-0.15, -0.1) is 45.9 Å². The molecule has 1 aromatic carbocycles. The van der Waals surface area contributed by atoms with Gasteiger partial charge in [0.2, 0.25) is 0 Å². The van der Waals surface area contributed by atoms with Crippen molar-refractivity contribution in [3.05, 3.63) is 42.2 Å². The van der Waals surface area contributed by atoms with Crippen LogP contribution in [-0.4, -0.2) is 45.6 Å². The van der Waals surface area contributed by atoms with Crippen molar-refractivity contribution in [2.45, 2.75) is 57.5 Å². The van der Waals surface area contributed by atoms with Gasteiger partial charge in [0, 0.05) is 37.0 Å². The molecule has 1 atom stereocenters. The molecule has 2 aromatic rings. The van der Waals surface area contributed by atoms with Crippen LogP contribution >= 0.6 is 35.7 Å². The van der Waals surface area contributed by atoms with E-state index in [0.717, 1.165) is 61.3 Å². The van der Waals surface area contributed by atoms with Gasteiger partial charge in [-0.2, -0.15) is 0 Å². The SMILES string of the molecule is CCc1nncn1CCNC(=NCCCSc1ccc(F)cc1)NC(C)CC.I. The molecule has 6 nitrogen and oxygen atoms in total. The van der Waals surface area contributed by atoms with E-state index in [1.165, 1.54) is 12.1 Å². The largest absolute Gasteiger partial charge is 0.355 e. The highest BCUT2D eigenvalue weighted by Crippen LogP contribution is 2.18. The number of hydrogen-bond donors (Lipinski definition) is 2. The van der Waals surface area contributed by atoms with Gasteiger partial charge in [0.15, 0.2) is 5.96 Å². The maximum atomic E-state index is 12.9. The molecular formula is C20H32FIN6S. The average molecular weight is 534 g/mol. The Hall–Kier alpha value is -1.36.